The molecule has 1 aromatic carbocycles. The fourth-order valence-electron chi connectivity index (χ4n) is 5.84. The largest absolute Gasteiger partial charge is 0.383 e. The molecule has 10 heteroatoms. The van der Waals surface area contributed by atoms with Gasteiger partial charge in [-0.2, -0.15) is 0 Å². The lowest BCUT2D eigenvalue weighted by molar-refractivity contribution is -0.140. The molecule has 2 amide bonds. The van der Waals surface area contributed by atoms with E-state index in [0.717, 1.165) is 38.4 Å². The Morgan fingerprint density at radius 1 is 1.16 bits per heavy atom. The number of benzene rings is 1. The minimum atomic E-state index is -0.692. The number of piperazine rings is 1. The lowest BCUT2D eigenvalue weighted by Gasteiger charge is -2.38. The van der Waals surface area contributed by atoms with Gasteiger partial charge in [-0.05, 0) is 29.2 Å². The second kappa shape index (κ2) is 11.1. The molecular formula is C27H40N4O6. The molecule has 3 saturated heterocycles. The molecule has 0 saturated carbocycles. The van der Waals surface area contributed by atoms with Gasteiger partial charge in [-0.1, -0.05) is 20.8 Å². The summed E-state index contributed by atoms with van der Waals surface area (Å²) < 4.78 is 16.4. The molecule has 10 nitrogen and oxygen atoms in total. The van der Waals surface area contributed by atoms with Gasteiger partial charge in [-0.3, -0.25) is 19.3 Å². The van der Waals surface area contributed by atoms with Crippen molar-refractivity contribution in [2.75, 3.05) is 71.6 Å². The molecule has 0 radical (unpaired) electrons. The predicted octanol–water partition coefficient (Wildman–Crippen LogP) is 0.877. The number of fused-ring (bicyclic) bond motifs is 1. The van der Waals surface area contributed by atoms with Crippen LogP contribution in [0.3, 0.4) is 0 Å². The van der Waals surface area contributed by atoms with Crippen molar-refractivity contribution in [1.29, 1.82) is 0 Å². The molecule has 3 fully saturated rings. The van der Waals surface area contributed by atoms with Crippen LogP contribution in [0.15, 0.2) is 18.2 Å². The molecule has 2 N–H and O–H groups in total. The zero-order chi connectivity index (χ0) is 26.9. The number of anilines is 1. The number of hydrogen-bond donors (Lipinski definition) is 1. The van der Waals surface area contributed by atoms with Crippen LogP contribution in [0, 0.1) is 5.41 Å². The van der Waals surface area contributed by atoms with Crippen molar-refractivity contribution in [3.05, 3.63) is 29.3 Å². The number of methoxy groups -OCH3 is 2. The second-order valence-electron chi connectivity index (χ2n) is 11.2. The Balaban J connectivity index is 1.67. The molecule has 3 heterocycles. The number of nitrogens with zero attached hydrogens (tertiary/aromatic N) is 3. The maximum Gasteiger partial charge on any atom is 0.249 e. The van der Waals surface area contributed by atoms with Crippen LogP contribution in [-0.2, 0) is 23.8 Å². The quantitative estimate of drug-likeness (QED) is 0.542. The van der Waals surface area contributed by atoms with Crippen molar-refractivity contribution >= 4 is 23.3 Å². The van der Waals surface area contributed by atoms with Gasteiger partial charge in [0.05, 0.1) is 19.1 Å². The first-order valence-corrected chi connectivity index (χ1v) is 12.9. The summed E-state index contributed by atoms with van der Waals surface area (Å²) in [5.41, 5.74) is 7.11. The summed E-state index contributed by atoms with van der Waals surface area (Å²) in [6, 6.07) is 4.89. The number of carbonyl (C=O) groups is 3. The highest BCUT2D eigenvalue weighted by Crippen LogP contribution is 2.42. The van der Waals surface area contributed by atoms with Crippen LogP contribution in [-0.4, -0.2) is 112 Å². The number of amides is 2. The van der Waals surface area contributed by atoms with Crippen LogP contribution in [0.1, 0.15) is 42.6 Å². The van der Waals surface area contributed by atoms with Gasteiger partial charge < -0.3 is 29.7 Å². The number of ketones is 1. The smallest absolute Gasteiger partial charge is 0.249 e. The standard InChI is InChI=1S/C27H40N4O6/c1-27(2,3)22(26(34)31-15-21(36-5)24-23(31)20(32)16-37-24)19-14-17(6-7-18(19)25(28)33)30-10-8-29(9-11-30)12-13-35-4/h6-7,14,21-24H,8-13,15-16H2,1-5H3,(H2,28,33)/t21-,22-,23+,24+/m0/s1. The van der Waals surface area contributed by atoms with Gasteiger partial charge in [0.25, 0.3) is 0 Å². The molecule has 0 aliphatic carbocycles. The first-order valence-electron chi connectivity index (χ1n) is 12.9. The van der Waals surface area contributed by atoms with E-state index in [0.29, 0.717) is 17.7 Å². The molecule has 4 rings (SSSR count). The maximum absolute atomic E-state index is 14.2. The number of hydrogen-bond acceptors (Lipinski definition) is 8. The van der Waals surface area contributed by atoms with Crippen LogP contribution in [0.4, 0.5) is 5.69 Å². The summed E-state index contributed by atoms with van der Waals surface area (Å²) >= 11 is 0. The number of nitrogens with two attached hydrogens (primary N) is 1. The summed E-state index contributed by atoms with van der Waals surface area (Å²) in [6.07, 6.45) is -0.851. The van der Waals surface area contributed by atoms with E-state index < -0.39 is 29.4 Å². The molecule has 0 spiro atoms. The van der Waals surface area contributed by atoms with Gasteiger partial charge in [0, 0.05) is 58.2 Å². The Kier molecular flexibility index (Phi) is 8.23. The summed E-state index contributed by atoms with van der Waals surface area (Å²) in [4.78, 5) is 45.7. The van der Waals surface area contributed by atoms with Crippen LogP contribution in [0.5, 0.6) is 0 Å². The molecule has 0 unspecified atom stereocenters. The fraction of sp³-hybridized carbons (Fsp3) is 0.667. The van der Waals surface area contributed by atoms with Crippen LogP contribution >= 0.6 is 0 Å². The van der Waals surface area contributed by atoms with Crippen molar-refractivity contribution < 1.29 is 28.6 Å². The third kappa shape index (κ3) is 5.52. The Morgan fingerprint density at radius 3 is 2.46 bits per heavy atom. The van der Waals surface area contributed by atoms with E-state index in [2.05, 4.69) is 9.80 Å². The number of Topliss-reactive ketones (excluding diaryl/α,β-unsaturated/α-hetero) is 1. The lowest BCUT2D eigenvalue weighted by atomic mass is 9.73. The Hall–Kier alpha value is -2.53. The van der Waals surface area contributed by atoms with Gasteiger partial charge in [0.1, 0.15) is 24.9 Å². The van der Waals surface area contributed by atoms with Gasteiger partial charge in [0.2, 0.25) is 11.8 Å². The topological polar surface area (TPSA) is 115 Å². The van der Waals surface area contributed by atoms with Gasteiger partial charge in [-0.25, -0.2) is 0 Å². The summed E-state index contributed by atoms with van der Waals surface area (Å²) in [7, 11) is 3.27. The Morgan fingerprint density at radius 2 is 1.86 bits per heavy atom. The highest BCUT2D eigenvalue weighted by atomic mass is 16.5. The van der Waals surface area contributed by atoms with E-state index in [-0.39, 0.29) is 30.9 Å². The molecule has 3 aliphatic heterocycles. The molecule has 4 atom stereocenters. The van der Waals surface area contributed by atoms with Crippen molar-refractivity contribution in [2.24, 2.45) is 11.1 Å². The average Bonchev–Trinajstić information content (AvgIpc) is 3.42. The third-order valence-corrected chi connectivity index (χ3v) is 7.80. The first-order chi connectivity index (χ1) is 17.6. The van der Waals surface area contributed by atoms with Crippen molar-refractivity contribution in [2.45, 2.75) is 44.9 Å². The molecule has 0 bridgehead atoms. The number of likely N-dealkylation sites (tertiary alicyclic amines) is 1. The predicted molar refractivity (Wildman–Crippen MR) is 139 cm³/mol. The van der Waals surface area contributed by atoms with Crippen LogP contribution in [0.25, 0.3) is 0 Å². The zero-order valence-corrected chi connectivity index (χ0v) is 22.6. The van der Waals surface area contributed by atoms with Gasteiger partial charge in [0.15, 0.2) is 5.78 Å². The van der Waals surface area contributed by atoms with Crippen LogP contribution in [0.2, 0.25) is 0 Å². The number of rotatable bonds is 8. The van der Waals surface area contributed by atoms with Crippen molar-refractivity contribution in [1.82, 2.24) is 9.80 Å². The van der Waals surface area contributed by atoms with E-state index in [4.69, 9.17) is 19.9 Å². The molecule has 3 aliphatic rings. The SMILES string of the molecule is COCCN1CCN(c2ccc(C(N)=O)c([C@@H](C(=O)N3C[C@H](OC)[C@H]4OCC(=O)[C@H]43)C(C)(C)C)c2)CC1. The molecular weight excluding hydrogens is 476 g/mol. The number of ether oxygens (including phenoxy) is 3. The minimum Gasteiger partial charge on any atom is -0.383 e. The fourth-order valence-corrected chi connectivity index (χ4v) is 5.84. The summed E-state index contributed by atoms with van der Waals surface area (Å²) in [5.74, 6) is -1.62. The molecule has 204 valence electrons. The molecule has 0 aromatic heterocycles. The zero-order valence-electron chi connectivity index (χ0n) is 22.6. The average molecular weight is 517 g/mol. The Labute approximate surface area is 219 Å². The van der Waals surface area contributed by atoms with Crippen molar-refractivity contribution in [3.63, 3.8) is 0 Å². The third-order valence-electron chi connectivity index (χ3n) is 7.80. The highest BCUT2D eigenvalue weighted by Gasteiger charge is 2.54. The molecule has 1 aromatic rings. The summed E-state index contributed by atoms with van der Waals surface area (Å²) in [5, 5.41) is 0. The van der Waals surface area contributed by atoms with E-state index in [1.54, 1.807) is 25.2 Å². The van der Waals surface area contributed by atoms with E-state index in [9.17, 15) is 14.4 Å². The van der Waals surface area contributed by atoms with Crippen molar-refractivity contribution in [3.8, 4) is 0 Å². The highest BCUT2D eigenvalue weighted by molar-refractivity contribution is 5.99. The lowest BCUT2D eigenvalue weighted by Crippen LogP contribution is -2.48. The normalized spacial score (nSPS) is 25.4. The first kappa shape index (κ1) is 27.5. The van der Waals surface area contributed by atoms with E-state index >= 15 is 0 Å². The van der Waals surface area contributed by atoms with Gasteiger partial charge >= 0.3 is 0 Å². The number of carbonyl (C=O) groups excluding carboxylic acids is 3. The Bertz CT molecular complexity index is 1020. The van der Waals surface area contributed by atoms with E-state index in [1.807, 2.05) is 32.9 Å². The number of primary amides is 1. The van der Waals surface area contributed by atoms with Crippen LogP contribution < -0.4 is 10.6 Å². The van der Waals surface area contributed by atoms with Gasteiger partial charge in [-0.15, -0.1) is 0 Å². The van der Waals surface area contributed by atoms with E-state index in [1.165, 1.54) is 0 Å². The molecule has 37 heavy (non-hydrogen) atoms. The maximum atomic E-state index is 14.2. The second-order valence-corrected chi connectivity index (χ2v) is 11.2. The summed E-state index contributed by atoms with van der Waals surface area (Å²) in [6.45, 7) is 11.2. The monoisotopic (exact) mass is 516 g/mol. The minimum absolute atomic E-state index is 0.0302.